The number of carbonyl (C=O) groups is 2. The van der Waals surface area contributed by atoms with Gasteiger partial charge in [-0.05, 0) is 91.8 Å². The first-order valence-corrected chi connectivity index (χ1v) is 18.1. The van der Waals surface area contributed by atoms with E-state index in [9.17, 15) is 27.2 Å². The molecule has 0 radical (unpaired) electrons. The van der Waals surface area contributed by atoms with E-state index in [1.54, 1.807) is 34.1 Å². The molecule has 12 heteroatoms. The number of benzene rings is 2. The van der Waals surface area contributed by atoms with Gasteiger partial charge in [-0.2, -0.15) is 20.4 Å². The van der Waals surface area contributed by atoms with Gasteiger partial charge in [0.05, 0.1) is 49.0 Å². The van der Waals surface area contributed by atoms with Crippen LogP contribution in [0.4, 0.5) is 28.9 Å². The van der Waals surface area contributed by atoms with Crippen molar-refractivity contribution in [1.82, 2.24) is 20.4 Å². The van der Waals surface area contributed by atoms with Crippen LogP contribution in [0.5, 0.6) is 0 Å². The average molecular weight is 715 g/mol. The van der Waals surface area contributed by atoms with E-state index >= 15 is 0 Å². The Morgan fingerprint density at radius 2 is 0.981 bits per heavy atom. The van der Waals surface area contributed by atoms with Crippen molar-refractivity contribution in [2.24, 2.45) is 0 Å². The van der Waals surface area contributed by atoms with Crippen LogP contribution in [0.15, 0.2) is 72.8 Å². The Bertz CT molecular complexity index is 1700. The molecule has 2 aliphatic heterocycles. The number of hydrogen-bond acceptors (Lipinski definition) is 8. The molecule has 4 heterocycles. The number of hydrogen-bond donors (Lipinski definition) is 0. The van der Waals surface area contributed by atoms with Crippen LogP contribution in [-0.4, -0.2) is 70.0 Å². The Balaban J connectivity index is 0.829. The minimum Gasteiger partial charge on any atom is -0.359 e. The van der Waals surface area contributed by atoms with E-state index in [1.807, 2.05) is 48.5 Å². The van der Waals surface area contributed by atoms with Gasteiger partial charge >= 0.3 is 0 Å². The van der Waals surface area contributed by atoms with Gasteiger partial charge in [0.2, 0.25) is 0 Å². The number of aromatic nitrogens is 4. The third-order valence-corrected chi connectivity index (χ3v) is 10.4. The molecule has 0 bridgehead atoms. The van der Waals surface area contributed by atoms with Crippen molar-refractivity contribution in [3.05, 3.63) is 107 Å². The molecule has 2 aromatic heterocycles. The molecule has 8 nitrogen and oxygen atoms in total. The number of halogens is 4. The van der Waals surface area contributed by atoms with Crippen molar-refractivity contribution in [2.75, 3.05) is 36.0 Å². The van der Waals surface area contributed by atoms with Gasteiger partial charge < -0.3 is 9.80 Å². The first kappa shape index (κ1) is 35.7. The summed E-state index contributed by atoms with van der Waals surface area (Å²) < 4.78 is 52.6. The van der Waals surface area contributed by atoms with Crippen LogP contribution >= 0.6 is 0 Å². The summed E-state index contributed by atoms with van der Waals surface area (Å²) in [5, 5.41) is 17.9. The van der Waals surface area contributed by atoms with E-state index in [-0.39, 0.29) is 62.4 Å². The van der Waals surface area contributed by atoms with Gasteiger partial charge in [0.15, 0.2) is 0 Å². The van der Waals surface area contributed by atoms with Gasteiger partial charge in [0, 0.05) is 48.9 Å². The molecule has 0 unspecified atom stereocenters. The Morgan fingerprint density at radius 3 is 1.33 bits per heavy atom. The largest absolute Gasteiger partial charge is 0.359 e. The Labute approximate surface area is 300 Å². The van der Waals surface area contributed by atoms with Crippen molar-refractivity contribution in [3.63, 3.8) is 0 Å². The lowest BCUT2D eigenvalue weighted by Crippen LogP contribution is -2.56. The fourth-order valence-electron chi connectivity index (χ4n) is 7.38. The third-order valence-electron chi connectivity index (χ3n) is 10.4. The number of alkyl halides is 4. The number of carbonyl (C=O) groups excluding carboxylic acids is 2. The molecule has 3 aliphatic rings. The maximum absolute atomic E-state index is 13.2. The van der Waals surface area contributed by atoms with Crippen LogP contribution in [-0.2, 0) is 35.3 Å². The number of rotatable bonds is 14. The quantitative estimate of drug-likeness (QED) is 0.128. The van der Waals surface area contributed by atoms with Crippen LogP contribution in [0.25, 0.3) is 0 Å². The van der Waals surface area contributed by atoms with E-state index < -0.39 is 11.8 Å². The number of nitrogens with zero attached hydrogens (tertiary/aromatic N) is 6. The summed E-state index contributed by atoms with van der Waals surface area (Å²) in [5.41, 5.74) is 6.64. The van der Waals surface area contributed by atoms with E-state index in [0.29, 0.717) is 25.7 Å². The van der Waals surface area contributed by atoms with Gasteiger partial charge in [0.25, 0.3) is 11.8 Å². The summed E-state index contributed by atoms with van der Waals surface area (Å²) in [4.78, 5) is 28.5. The highest BCUT2D eigenvalue weighted by Gasteiger charge is 2.44. The molecule has 2 aromatic carbocycles. The van der Waals surface area contributed by atoms with Crippen LogP contribution < -0.4 is 9.80 Å². The normalized spacial score (nSPS) is 20.5. The molecule has 1 aliphatic carbocycles. The summed E-state index contributed by atoms with van der Waals surface area (Å²) in [6, 6.07) is 22.4. The molecule has 3 fully saturated rings. The van der Waals surface area contributed by atoms with Crippen LogP contribution in [0.1, 0.15) is 84.3 Å². The Hall–Kier alpha value is -4.74. The molecular weight excluding hydrogens is 672 g/mol. The lowest BCUT2D eigenvalue weighted by molar-refractivity contribution is -0.119. The fraction of sp³-hybridized carbons (Fsp3) is 0.450. The predicted octanol–water partition coefficient (Wildman–Crippen LogP) is 7.11. The maximum atomic E-state index is 13.2. The second kappa shape index (κ2) is 15.1. The van der Waals surface area contributed by atoms with E-state index in [1.165, 1.54) is 0 Å². The van der Waals surface area contributed by atoms with E-state index in [4.69, 9.17) is 0 Å². The van der Waals surface area contributed by atoms with Gasteiger partial charge in [-0.15, -0.1) is 0 Å². The zero-order valence-corrected chi connectivity index (χ0v) is 29.0. The first-order chi connectivity index (χ1) is 25.0. The van der Waals surface area contributed by atoms with Gasteiger partial charge in [0.1, 0.15) is 11.6 Å². The number of aryl methyl sites for hydroxylation is 2. The maximum Gasteiger partial charge on any atom is 0.282 e. The molecule has 2 atom stereocenters. The van der Waals surface area contributed by atoms with Crippen LogP contribution in [0.3, 0.4) is 0 Å². The molecule has 4 aromatic rings. The van der Waals surface area contributed by atoms with Crippen molar-refractivity contribution in [1.29, 1.82) is 0 Å². The van der Waals surface area contributed by atoms with Gasteiger partial charge in [-0.3, -0.25) is 9.59 Å². The summed E-state index contributed by atoms with van der Waals surface area (Å²) in [7, 11) is 0. The molecule has 52 heavy (non-hydrogen) atoms. The number of ketones is 2. The lowest BCUT2D eigenvalue weighted by Gasteiger charge is -2.40. The number of Topliss-reactive ketones (excluding diaryl/α,β-unsaturated/α-hetero) is 2. The van der Waals surface area contributed by atoms with E-state index in [0.717, 1.165) is 71.0 Å². The molecular formula is C40H42F4N6O2. The molecule has 0 spiro atoms. The monoisotopic (exact) mass is 714 g/mol. The Kier molecular flexibility index (Phi) is 10.3. The smallest absolute Gasteiger partial charge is 0.282 e. The van der Waals surface area contributed by atoms with Crippen molar-refractivity contribution < 1.29 is 27.2 Å². The summed E-state index contributed by atoms with van der Waals surface area (Å²) >= 11 is 0. The van der Waals surface area contributed by atoms with Gasteiger partial charge in [-0.25, -0.2) is 17.6 Å². The predicted molar refractivity (Wildman–Crippen MR) is 189 cm³/mol. The summed E-state index contributed by atoms with van der Waals surface area (Å²) in [5.74, 6) is -4.55. The lowest BCUT2D eigenvalue weighted by atomic mass is 9.78. The first-order valence-electron chi connectivity index (χ1n) is 18.1. The SMILES string of the molecule is O=C(CCc1ccc([C@H]2CCC[C@H](c3ccc(CCC(=O)Cc4ccc(N5CC(F)(F)C5)cc4)nn3)C2)nn1)Cc1ccc(N2CC(F)(F)C2)cc1. The molecule has 272 valence electrons. The zero-order valence-electron chi connectivity index (χ0n) is 29.0. The molecule has 0 amide bonds. The second-order valence-corrected chi connectivity index (χ2v) is 14.6. The van der Waals surface area contributed by atoms with Crippen LogP contribution in [0, 0.1) is 0 Å². The molecule has 1 saturated carbocycles. The molecule has 0 N–H and O–H groups in total. The van der Waals surface area contributed by atoms with Crippen molar-refractivity contribution in [2.45, 2.75) is 87.9 Å². The molecule has 7 rings (SSSR count). The standard InChI is InChI=1S/C40H42F4N6O2/c41-39(42)23-49(24-39)33-12-4-27(5-13-33)20-35(51)16-8-31-10-18-37(47-45-31)29-2-1-3-30(22-29)38-19-11-32(46-48-38)9-17-36(52)21-28-6-14-34(15-7-28)50-25-40(43,44)26-50/h4-7,10-15,18-19,29-30H,1-3,8-9,16-17,20-26H2/t29-,30-/m0/s1. The third kappa shape index (κ3) is 9.00. The second-order valence-electron chi connectivity index (χ2n) is 14.6. The highest BCUT2D eigenvalue weighted by Crippen LogP contribution is 2.40. The van der Waals surface area contributed by atoms with Crippen molar-refractivity contribution >= 4 is 22.9 Å². The topological polar surface area (TPSA) is 92.2 Å². The van der Waals surface area contributed by atoms with Crippen LogP contribution in [0.2, 0.25) is 0 Å². The van der Waals surface area contributed by atoms with Crippen molar-refractivity contribution in [3.8, 4) is 0 Å². The fourth-order valence-corrected chi connectivity index (χ4v) is 7.38. The summed E-state index contributed by atoms with van der Waals surface area (Å²) in [6.45, 7) is -1.06. The Morgan fingerprint density at radius 1 is 0.577 bits per heavy atom. The minimum absolute atomic E-state index is 0.0892. The average Bonchev–Trinajstić information content (AvgIpc) is 3.12. The van der Waals surface area contributed by atoms with E-state index in [2.05, 4.69) is 20.4 Å². The van der Waals surface area contributed by atoms with Gasteiger partial charge in [-0.1, -0.05) is 30.7 Å². The highest BCUT2D eigenvalue weighted by atomic mass is 19.3. The highest BCUT2D eigenvalue weighted by molar-refractivity contribution is 5.81. The minimum atomic E-state index is -2.62. The molecule has 2 saturated heterocycles. The zero-order chi connectivity index (χ0) is 36.3. The summed E-state index contributed by atoms with van der Waals surface area (Å²) in [6.07, 6.45) is 6.27. The number of anilines is 2.